The molecule has 0 atom stereocenters. The molecule has 4 rings (SSSR count). The molecule has 1 aliphatic rings. The molecule has 8 nitrogen and oxygen atoms in total. The van der Waals surface area contributed by atoms with Gasteiger partial charge in [-0.25, -0.2) is 13.1 Å². The third-order valence-corrected chi connectivity index (χ3v) is 7.04. The van der Waals surface area contributed by atoms with Crippen molar-refractivity contribution in [3.8, 4) is 5.75 Å². The number of benzene rings is 2. The van der Waals surface area contributed by atoms with Crippen molar-refractivity contribution in [2.45, 2.75) is 17.9 Å². The average molecular weight is 468 g/mol. The van der Waals surface area contributed by atoms with Gasteiger partial charge in [0.05, 0.1) is 23.1 Å². The molecule has 0 aliphatic carbocycles. The van der Waals surface area contributed by atoms with Gasteiger partial charge in [-0.3, -0.25) is 9.69 Å². The van der Waals surface area contributed by atoms with Gasteiger partial charge in [0.1, 0.15) is 5.75 Å². The first-order chi connectivity index (χ1) is 15.1. The van der Waals surface area contributed by atoms with E-state index in [1.165, 1.54) is 8.99 Å². The van der Waals surface area contributed by atoms with E-state index in [1.54, 1.807) is 24.4 Å². The number of alkyl halides is 3. The van der Waals surface area contributed by atoms with E-state index in [2.05, 4.69) is 9.84 Å². The number of rotatable bonds is 5. The Kier molecular flexibility index (Phi) is 5.93. The summed E-state index contributed by atoms with van der Waals surface area (Å²) in [5.41, 5.74) is -0.223. The SMILES string of the molecule is O=c1c2ccccc2cnn1CN1CCN(S(=O)(=O)c2ccc(OC(F)(F)F)cc2)CC1. The zero-order valence-electron chi connectivity index (χ0n) is 16.7. The van der Waals surface area contributed by atoms with Crippen molar-refractivity contribution in [3.63, 3.8) is 0 Å². The standard InChI is InChI=1S/C20H19F3N4O4S/c21-20(22,23)31-16-5-7-17(8-6-16)32(29,30)26-11-9-25(10-12-26)14-27-19(28)18-4-2-1-3-15(18)13-24-27/h1-8,13H,9-12,14H2. The first-order valence-corrected chi connectivity index (χ1v) is 11.1. The highest BCUT2D eigenvalue weighted by Crippen LogP contribution is 2.25. The van der Waals surface area contributed by atoms with E-state index >= 15 is 0 Å². The number of fused-ring (bicyclic) bond motifs is 1. The Morgan fingerprint density at radius 1 is 0.969 bits per heavy atom. The Hall–Kier alpha value is -2.96. The lowest BCUT2D eigenvalue weighted by Gasteiger charge is -2.33. The van der Waals surface area contributed by atoms with Crippen LogP contribution in [0.5, 0.6) is 5.75 Å². The molecule has 1 aliphatic heterocycles. The summed E-state index contributed by atoms with van der Waals surface area (Å²) < 4.78 is 68.9. The minimum absolute atomic E-state index is 0.118. The normalized spacial score (nSPS) is 16.3. The molecule has 3 aromatic rings. The number of aromatic nitrogens is 2. The quantitative estimate of drug-likeness (QED) is 0.571. The van der Waals surface area contributed by atoms with E-state index in [0.29, 0.717) is 18.5 Å². The number of hydrogen-bond donors (Lipinski definition) is 0. The van der Waals surface area contributed by atoms with Crippen molar-refractivity contribution in [3.05, 3.63) is 65.1 Å². The summed E-state index contributed by atoms with van der Waals surface area (Å²) in [5, 5.41) is 5.49. The second-order valence-electron chi connectivity index (χ2n) is 7.22. The van der Waals surface area contributed by atoms with Gasteiger partial charge in [0.2, 0.25) is 10.0 Å². The molecule has 0 spiro atoms. The molecular formula is C20H19F3N4O4S. The predicted octanol–water partition coefficient (Wildman–Crippen LogP) is 2.26. The summed E-state index contributed by atoms with van der Waals surface area (Å²) in [6.45, 7) is 1.31. The molecule has 0 amide bonds. The summed E-state index contributed by atoms with van der Waals surface area (Å²) in [7, 11) is -3.87. The minimum atomic E-state index is -4.85. The van der Waals surface area contributed by atoms with Gasteiger partial charge in [0.25, 0.3) is 5.56 Å². The van der Waals surface area contributed by atoms with E-state index in [0.717, 1.165) is 29.7 Å². The van der Waals surface area contributed by atoms with E-state index in [-0.39, 0.29) is 30.2 Å². The fourth-order valence-electron chi connectivity index (χ4n) is 3.49. The number of ether oxygens (including phenoxy) is 1. The van der Waals surface area contributed by atoms with E-state index in [4.69, 9.17) is 0 Å². The summed E-state index contributed by atoms with van der Waals surface area (Å²) in [5.74, 6) is -0.491. The van der Waals surface area contributed by atoms with Crippen LogP contribution in [0.3, 0.4) is 0 Å². The number of nitrogens with zero attached hydrogens (tertiary/aromatic N) is 4. The zero-order valence-corrected chi connectivity index (χ0v) is 17.5. The van der Waals surface area contributed by atoms with Crippen molar-refractivity contribution in [1.29, 1.82) is 0 Å². The van der Waals surface area contributed by atoms with E-state index in [1.807, 2.05) is 11.0 Å². The smallest absolute Gasteiger partial charge is 0.406 e. The Morgan fingerprint density at radius 2 is 1.62 bits per heavy atom. The molecular weight excluding hydrogens is 449 g/mol. The highest BCUT2D eigenvalue weighted by atomic mass is 32.2. The van der Waals surface area contributed by atoms with Crippen LogP contribution in [0.1, 0.15) is 0 Å². The number of sulfonamides is 1. The molecule has 0 N–H and O–H groups in total. The maximum atomic E-state index is 12.8. The fourth-order valence-corrected chi connectivity index (χ4v) is 4.91. The number of halogens is 3. The second-order valence-corrected chi connectivity index (χ2v) is 9.16. The fraction of sp³-hybridized carbons (Fsp3) is 0.300. The molecule has 12 heteroatoms. The third kappa shape index (κ3) is 4.76. The minimum Gasteiger partial charge on any atom is -0.406 e. The van der Waals surface area contributed by atoms with Gasteiger partial charge >= 0.3 is 6.36 Å². The summed E-state index contributed by atoms with van der Waals surface area (Å²) in [6, 6.07) is 11.2. The molecule has 1 aromatic heterocycles. The van der Waals surface area contributed by atoms with Crippen molar-refractivity contribution < 1.29 is 26.3 Å². The molecule has 0 unspecified atom stereocenters. The van der Waals surface area contributed by atoms with Gasteiger partial charge in [0.15, 0.2) is 0 Å². The molecule has 0 bridgehead atoms. The molecule has 2 aromatic carbocycles. The third-order valence-electron chi connectivity index (χ3n) is 5.12. The van der Waals surface area contributed by atoms with Gasteiger partial charge in [-0.1, -0.05) is 18.2 Å². The van der Waals surface area contributed by atoms with Crippen LogP contribution in [0.25, 0.3) is 10.8 Å². The molecule has 2 heterocycles. The van der Waals surface area contributed by atoms with Crippen LogP contribution in [-0.2, 0) is 16.7 Å². The lowest BCUT2D eigenvalue weighted by atomic mass is 10.2. The Morgan fingerprint density at radius 3 is 2.28 bits per heavy atom. The zero-order chi connectivity index (χ0) is 22.9. The van der Waals surface area contributed by atoms with Crippen molar-refractivity contribution in [2.75, 3.05) is 26.2 Å². The van der Waals surface area contributed by atoms with Crippen LogP contribution in [0.2, 0.25) is 0 Å². The number of hydrogen-bond acceptors (Lipinski definition) is 6. The van der Waals surface area contributed by atoms with E-state index in [9.17, 15) is 26.4 Å². The van der Waals surface area contributed by atoms with Crippen LogP contribution in [0.4, 0.5) is 13.2 Å². The Labute approximate surface area is 181 Å². The first kappa shape index (κ1) is 22.2. The largest absolute Gasteiger partial charge is 0.573 e. The number of piperazine rings is 1. The van der Waals surface area contributed by atoms with E-state index < -0.39 is 22.1 Å². The van der Waals surface area contributed by atoms with Crippen molar-refractivity contribution in [2.24, 2.45) is 0 Å². The van der Waals surface area contributed by atoms with Gasteiger partial charge in [-0.05, 0) is 30.3 Å². The van der Waals surface area contributed by atoms with Crippen molar-refractivity contribution >= 4 is 20.8 Å². The predicted molar refractivity (Wildman–Crippen MR) is 109 cm³/mol. The monoisotopic (exact) mass is 468 g/mol. The van der Waals surface area contributed by atoms with Crippen LogP contribution in [0, 0.1) is 0 Å². The highest BCUT2D eigenvalue weighted by molar-refractivity contribution is 7.89. The van der Waals surface area contributed by atoms with Crippen molar-refractivity contribution in [1.82, 2.24) is 19.0 Å². The molecule has 0 radical (unpaired) electrons. The first-order valence-electron chi connectivity index (χ1n) is 9.67. The highest BCUT2D eigenvalue weighted by Gasteiger charge is 2.32. The van der Waals surface area contributed by atoms with Crippen LogP contribution in [0.15, 0.2) is 64.4 Å². The summed E-state index contributed by atoms with van der Waals surface area (Å²) in [4.78, 5) is 14.4. The second kappa shape index (κ2) is 8.52. The van der Waals surface area contributed by atoms with Crippen LogP contribution in [-0.4, -0.2) is 59.9 Å². The Balaban J connectivity index is 1.41. The van der Waals surface area contributed by atoms with Gasteiger partial charge in [0, 0.05) is 31.6 Å². The summed E-state index contributed by atoms with van der Waals surface area (Å²) >= 11 is 0. The molecule has 0 saturated carbocycles. The average Bonchev–Trinajstić information content (AvgIpc) is 2.75. The van der Waals surface area contributed by atoms with Gasteiger partial charge < -0.3 is 4.74 Å². The molecule has 1 saturated heterocycles. The topological polar surface area (TPSA) is 84.7 Å². The molecule has 32 heavy (non-hydrogen) atoms. The summed E-state index contributed by atoms with van der Waals surface area (Å²) in [6.07, 6.45) is -3.23. The van der Waals surface area contributed by atoms with Gasteiger partial charge in [-0.15, -0.1) is 13.2 Å². The maximum absolute atomic E-state index is 12.8. The molecule has 170 valence electrons. The maximum Gasteiger partial charge on any atom is 0.573 e. The van der Waals surface area contributed by atoms with Crippen LogP contribution >= 0.6 is 0 Å². The molecule has 1 fully saturated rings. The van der Waals surface area contributed by atoms with Crippen LogP contribution < -0.4 is 10.3 Å². The lowest BCUT2D eigenvalue weighted by Crippen LogP contribution is -2.49. The van der Waals surface area contributed by atoms with Gasteiger partial charge in [-0.2, -0.15) is 9.40 Å². The Bertz CT molecular complexity index is 1270. The lowest BCUT2D eigenvalue weighted by molar-refractivity contribution is -0.274.